The van der Waals surface area contributed by atoms with Gasteiger partial charge in [0.05, 0.1) is 16.6 Å². The van der Waals surface area contributed by atoms with E-state index in [2.05, 4.69) is 17.6 Å². The van der Waals surface area contributed by atoms with Gasteiger partial charge < -0.3 is 20.6 Å². The van der Waals surface area contributed by atoms with E-state index in [1.165, 1.54) is 0 Å². The topological polar surface area (TPSA) is 98.7 Å². The number of nitrogens with one attached hydrogen (secondary N) is 2. The fraction of sp³-hybridized carbons (Fsp3) is 0.679. The number of likely N-dealkylation sites (tertiary alicyclic amines) is 1. The standard InChI is InChI=1S/C28H41N3O4S/c1-5-14-29-24(33)21-22-26(35)31(15-8-6-7-9-16-32)23(28(22)13-12-27(21,4)36-28)25(34)30-20-17-18(2)10-11-19(20)3/h10-11,17,21-23,32H,5-9,12-16H2,1-4H3,(H,29,33)(H,30,34)/t21-,22-,23?,27+,28?/m0/s1. The summed E-state index contributed by atoms with van der Waals surface area (Å²) >= 11 is 1.71. The maximum Gasteiger partial charge on any atom is 0.248 e. The molecule has 198 valence electrons. The van der Waals surface area contributed by atoms with Gasteiger partial charge in [-0.2, -0.15) is 0 Å². The summed E-state index contributed by atoms with van der Waals surface area (Å²) in [5, 5.41) is 15.3. The van der Waals surface area contributed by atoms with Crippen molar-refractivity contribution in [1.29, 1.82) is 0 Å². The van der Waals surface area contributed by atoms with Crippen molar-refractivity contribution >= 4 is 35.2 Å². The zero-order valence-electron chi connectivity index (χ0n) is 22.1. The molecule has 0 saturated carbocycles. The predicted molar refractivity (Wildman–Crippen MR) is 144 cm³/mol. The number of rotatable bonds is 11. The van der Waals surface area contributed by atoms with Crippen LogP contribution >= 0.6 is 11.8 Å². The highest BCUT2D eigenvalue weighted by atomic mass is 32.2. The monoisotopic (exact) mass is 515 g/mol. The lowest BCUT2D eigenvalue weighted by atomic mass is 9.66. The van der Waals surface area contributed by atoms with Crippen LogP contribution in [0.4, 0.5) is 5.69 Å². The summed E-state index contributed by atoms with van der Waals surface area (Å²) in [7, 11) is 0. The fourth-order valence-corrected chi connectivity index (χ4v) is 8.90. The highest BCUT2D eigenvalue weighted by Gasteiger charge is 2.76. The molecule has 2 bridgehead atoms. The van der Waals surface area contributed by atoms with Gasteiger partial charge in [-0.3, -0.25) is 14.4 Å². The van der Waals surface area contributed by atoms with Gasteiger partial charge in [-0.25, -0.2) is 0 Å². The van der Waals surface area contributed by atoms with Crippen LogP contribution in [0.3, 0.4) is 0 Å². The third kappa shape index (κ3) is 4.67. The van der Waals surface area contributed by atoms with Crippen LogP contribution in [0, 0.1) is 25.7 Å². The van der Waals surface area contributed by atoms with Crippen molar-refractivity contribution in [3.8, 4) is 0 Å². The number of amides is 3. The molecular formula is C28H41N3O4S. The Bertz CT molecular complexity index is 1020. The summed E-state index contributed by atoms with van der Waals surface area (Å²) in [6, 6.07) is 5.38. The van der Waals surface area contributed by atoms with Crippen LogP contribution in [-0.4, -0.2) is 63.0 Å². The molecule has 3 aliphatic rings. The van der Waals surface area contributed by atoms with Gasteiger partial charge in [0.25, 0.3) is 0 Å². The molecule has 3 heterocycles. The average Bonchev–Trinajstić information content (AvgIpc) is 3.40. The van der Waals surface area contributed by atoms with Gasteiger partial charge >= 0.3 is 0 Å². The summed E-state index contributed by atoms with van der Waals surface area (Å²) in [6.45, 7) is 9.34. The molecule has 3 aliphatic heterocycles. The number of hydrogen-bond acceptors (Lipinski definition) is 5. The number of anilines is 1. The van der Waals surface area contributed by atoms with Crippen molar-refractivity contribution in [3.05, 3.63) is 29.3 Å². The molecule has 36 heavy (non-hydrogen) atoms. The van der Waals surface area contributed by atoms with Crippen LogP contribution in [0.25, 0.3) is 0 Å². The third-order valence-corrected chi connectivity index (χ3v) is 10.3. The lowest BCUT2D eigenvalue weighted by molar-refractivity contribution is -0.140. The molecule has 4 rings (SSSR count). The maximum absolute atomic E-state index is 14.0. The molecule has 8 heteroatoms. The van der Waals surface area contributed by atoms with Gasteiger partial charge in [0, 0.05) is 30.1 Å². The van der Waals surface area contributed by atoms with E-state index in [0.29, 0.717) is 13.1 Å². The minimum atomic E-state index is -0.608. The van der Waals surface area contributed by atoms with Crippen molar-refractivity contribution in [1.82, 2.24) is 10.2 Å². The first kappa shape index (κ1) is 27.0. The first-order valence-electron chi connectivity index (χ1n) is 13.5. The molecule has 1 spiro atoms. The number of aliphatic hydroxyl groups excluding tert-OH is 1. The molecule has 3 amide bonds. The molecule has 7 nitrogen and oxygen atoms in total. The number of aliphatic hydroxyl groups is 1. The minimum Gasteiger partial charge on any atom is -0.396 e. The number of fused-ring (bicyclic) bond motifs is 1. The van der Waals surface area contributed by atoms with E-state index >= 15 is 0 Å². The van der Waals surface area contributed by atoms with E-state index in [1.807, 2.05) is 39.0 Å². The second-order valence-electron chi connectivity index (χ2n) is 11.0. The predicted octanol–water partition coefficient (Wildman–Crippen LogP) is 3.80. The molecule has 3 N–H and O–H groups in total. The number of carbonyl (C=O) groups is 3. The van der Waals surface area contributed by atoms with E-state index in [0.717, 1.165) is 61.8 Å². The summed E-state index contributed by atoms with van der Waals surface area (Å²) < 4.78 is -0.934. The third-order valence-electron chi connectivity index (χ3n) is 8.31. The number of unbranched alkanes of at least 4 members (excludes halogenated alkanes) is 3. The van der Waals surface area contributed by atoms with Crippen molar-refractivity contribution in [2.45, 2.75) is 88.2 Å². The summed E-state index contributed by atoms with van der Waals surface area (Å²) in [5.74, 6) is -1.16. The number of thioether (sulfide) groups is 1. The molecule has 1 aromatic carbocycles. The largest absolute Gasteiger partial charge is 0.396 e. The van der Waals surface area contributed by atoms with E-state index < -0.39 is 22.6 Å². The average molecular weight is 516 g/mol. The lowest BCUT2D eigenvalue weighted by Gasteiger charge is -2.35. The quantitative estimate of drug-likeness (QED) is 0.390. The number of aryl methyl sites for hydroxylation is 2. The summed E-state index contributed by atoms with van der Waals surface area (Å²) in [4.78, 5) is 43.2. The van der Waals surface area contributed by atoms with Crippen LogP contribution < -0.4 is 10.6 Å². The highest BCUT2D eigenvalue weighted by Crippen LogP contribution is 2.71. The SMILES string of the molecule is CCCNC(=O)[C@@H]1[C@H]2C(=O)N(CCCCCCO)C(C(=O)Nc3cc(C)ccc3C)C23CC[C@@]1(C)S3. The summed E-state index contributed by atoms with van der Waals surface area (Å²) in [5.41, 5.74) is 2.82. The van der Waals surface area contributed by atoms with Crippen molar-refractivity contribution in [2.75, 3.05) is 25.0 Å². The van der Waals surface area contributed by atoms with Gasteiger partial charge in [0.2, 0.25) is 17.7 Å². The zero-order valence-corrected chi connectivity index (χ0v) is 22.9. The van der Waals surface area contributed by atoms with Gasteiger partial charge in [0.1, 0.15) is 6.04 Å². The molecule has 1 aromatic rings. The molecule has 2 unspecified atom stereocenters. The lowest BCUT2D eigenvalue weighted by Crippen LogP contribution is -2.52. The second kappa shape index (κ2) is 10.7. The zero-order chi connectivity index (χ0) is 26.1. The van der Waals surface area contributed by atoms with Crippen LogP contribution in [0.2, 0.25) is 0 Å². The van der Waals surface area contributed by atoms with Gasteiger partial charge in [-0.15, -0.1) is 11.8 Å². The Morgan fingerprint density at radius 1 is 1.14 bits per heavy atom. The number of hydrogen-bond donors (Lipinski definition) is 3. The fourth-order valence-electron chi connectivity index (χ4n) is 6.54. The van der Waals surface area contributed by atoms with Crippen molar-refractivity contribution in [3.63, 3.8) is 0 Å². The van der Waals surface area contributed by atoms with Gasteiger partial charge in [-0.1, -0.05) is 31.9 Å². The van der Waals surface area contributed by atoms with Gasteiger partial charge in [0.15, 0.2) is 0 Å². The Morgan fingerprint density at radius 2 is 1.89 bits per heavy atom. The van der Waals surface area contributed by atoms with E-state index in [9.17, 15) is 14.4 Å². The molecule has 3 saturated heterocycles. The van der Waals surface area contributed by atoms with Crippen LogP contribution in [0.5, 0.6) is 0 Å². The maximum atomic E-state index is 14.0. The van der Waals surface area contributed by atoms with Crippen molar-refractivity contribution < 1.29 is 19.5 Å². The Labute approximate surface area is 219 Å². The Balaban J connectivity index is 1.66. The van der Waals surface area contributed by atoms with Crippen LogP contribution in [-0.2, 0) is 14.4 Å². The Morgan fingerprint density at radius 3 is 2.61 bits per heavy atom. The summed E-state index contributed by atoms with van der Waals surface area (Å²) in [6.07, 6.45) is 5.71. The Hall–Kier alpha value is -2.06. The van der Waals surface area contributed by atoms with Crippen molar-refractivity contribution in [2.24, 2.45) is 11.8 Å². The van der Waals surface area contributed by atoms with E-state index in [-0.39, 0.29) is 29.1 Å². The normalized spacial score (nSPS) is 30.5. The molecule has 0 radical (unpaired) electrons. The molecule has 5 atom stereocenters. The number of benzene rings is 1. The first-order chi connectivity index (χ1) is 17.2. The minimum absolute atomic E-state index is 0.0501. The molecule has 3 fully saturated rings. The second-order valence-corrected chi connectivity index (χ2v) is 12.9. The van der Waals surface area contributed by atoms with Gasteiger partial charge in [-0.05, 0) is 70.1 Å². The first-order valence-corrected chi connectivity index (χ1v) is 14.3. The van der Waals surface area contributed by atoms with Crippen LogP contribution in [0.1, 0.15) is 69.9 Å². The van der Waals surface area contributed by atoms with E-state index in [1.54, 1.807) is 16.7 Å². The Kier molecular flexibility index (Phi) is 8.05. The molecule has 0 aromatic heterocycles. The highest BCUT2D eigenvalue weighted by molar-refractivity contribution is 8.02. The smallest absolute Gasteiger partial charge is 0.248 e. The van der Waals surface area contributed by atoms with Crippen LogP contribution in [0.15, 0.2) is 18.2 Å². The van der Waals surface area contributed by atoms with E-state index in [4.69, 9.17) is 5.11 Å². The number of nitrogens with zero attached hydrogens (tertiary/aromatic N) is 1. The number of carbonyl (C=O) groups excluding carboxylic acids is 3. The molecular weight excluding hydrogens is 474 g/mol. The molecule has 0 aliphatic carbocycles.